The molecular formula is C20H22N4O2. The van der Waals surface area contributed by atoms with Crippen molar-refractivity contribution in [3.8, 4) is 11.5 Å². The molecule has 0 bridgehead atoms. The molecule has 0 aliphatic carbocycles. The zero-order valence-corrected chi connectivity index (χ0v) is 15.1. The molecule has 1 heterocycles. The molecule has 134 valence electrons. The second-order valence-corrected chi connectivity index (χ2v) is 5.75. The highest BCUT2D eigenvalue weighted by molar-refractivity contribution is 5.63. The number of nitrogens with one attached hydrogen (secondary N) is 2. The molecule has 2 N–H and O–H groups in total. The average molecular weight is 350 g/mol. The SMILES string of the molecule is COc1ccc(CNc2cc(C)nc(Nc3ccccc3OC)n2)cc1. The summed E-state index contributed by atoms with van der Waals surface area (Å²) in [6, 6.07) is 17.5. The molecule has 0 radical (unpaired) electrons. The Balaban J connectivity index is 1.72. The van der Waals surface area contributed by atoms with Crippen LogP contribution in [0.4, 0.5) is 17.5 Å². The van der Waals surface area contributed by atoms with Crippen molar-refractivity contribution in [2.75, 3.05) is 24.9 Å². The Morgan fingerprint density at radius 3 is 2.42 bits per heavy atom. The molecule has 0 amide bonds. The highest BCUT2D eigenvalue weighted by atomic mass is 16.5. The molecule has 2 aromatic carbocycles. The Kier molecular flexibility index (Phi) is 5.53. The molecule has 0 aliphatic heterocycles. The molecule has 0 spiro atoms. The van der Waals surface area contributed by atoms with E-state index in [4.69, 9.17) is 9.47 Å². The lowest BCUT2D eigenvalue weighted by molar-refractivity contribution is 0.414. The summed E-state index contributed by atoms with van der Waals surface area (Å²) in [6.45, 7) is 2.60. The number of benzene rings is 2. The first-order valence-corrected chi connectivity index (χ1v) is 8.30. The molecular weight excluding hydrogens is 328 g/mol. The van der Waals surface area contributed by atoms with Gasteiger partial charge < -0.3 is 20.1 Å². The van der Waals surface area contributed by atoms with E-state index in [1.54, 1.807) is 14.2 Å². The van der Waals surface area contributed by atoms with E-state index in [2.05, 4.69) is 20.6 Å². The molecule has 6 nitrogen and oxygen atoms in total. The molecule has 3 aromatic rings. The summed E-state index contributed by atoms with van der Waals surface area (Å²) in [6.07, 6.45) is 0. The maximum Gasteiger partial charge on any atom is 0.229 e. The fraction of sp³-hybridized carbons (Fsp3) is 0.200. The minimum Gasteiger partial charge on any atom is -0.497 e. The van der Waals surface area contributed by atoms with Gasteiger partial charge in [0.2, 0.25) is 5.95 Å². The lowest BCUT2D eigenvalue weighted by Gasteiger charge is -2.12. The van der Waals surface area contributed by atoms with Crippen LogP contribution in [0, 0.1) is 6.92 Å². The number of aromatic nitrogens is 2. The van der Waals surface area contributed by atoms with Crippen molar-refractivity contribution in [2.45, 2.75) is 13.5 Å². The van der Waals surface area contributed by atoms with Gasteiger partial charge in [-0.25, -0.2) is 4.98 Å². The Labute approximate surface area is 153 Å². The Bertz CT molecular complexity index is 866. The first-order valence-electron chi connectivity index (χ1n) is 8.30. The van der Waals surface area contributed by atoms with Crippen molar-refractivity contribution in [3.05, 3.63) is 65.9 Å². The van der Waals surface area contributed by atoms with Gasteiger partial charge in [0.25, 0.3) is 0 Å². The molecule has 26 heavy (non-hydrogen) atoms. The monoisotopic (exact) mass is 350 g/mol. The fourth-order valence-electron chi connectivity index (χ4n) is 2.52. The maximum atomic E-state index is 5.36. The van der Waals surface area contributed by atoms with E-state index in [-0.39, 0.29) is 0 Å². The van der Waals surface area contributed by atoms with Gasteiger partial charge in [-0.2, -0.15) is 4.98 Å². The van der Waals surface area contributed by atoms with Crippen LogP contribution in [0.5, 0.6) is 11.5 Å². The number of nitrogens with zero attached hydrogens (tertiary/aromatic N) is 2. The first kappa shape index (κ1) is 17.5. The second-order valence-electron chi connectivity index (χ2n) is 5.75. The summed E-state index contributed by atoms with van der Waals surface area (Å²) in [5.74, 6) is 2.86. The third kappa shape index (κ3) is 4.42. The number of methoxy groups -OCH3 is 2. The minimum atomic E-state index is 0.520. The molecule has 6 heteroatoms. The van der Waals surface area contributed by atoms with Crippen LogP contribution in [0.1, 0.15) is 11.3 Å². The fourth-order valence-corrected chi connectivity index (χ4v) is 2.52. The summed E-state index contributed by atoms with van der Waals surface area (Å²) in [7, 11) is 3.30. The van der Waals surface area contributed by atoms with Crippen LogP contribution in [0.2, 0.25) is 0 Å². The Morgan fingerprint density at radius 2 is 1.69 bits per heavy atom. The van der Waals surface area contributed by atoms with Gasteiger partial charge in [0.1, 0.15) is 17.3 Å². The third-order valence-electron chi connectivity index (χ3n) is 3.84. The van der Waals surface area contributed by atoms with Crippen LogP contribution in [0.15, 0.2) is 54.6 Å². The number of para-hydroxylation sites is 2. The lowest BCUT2D eigenvalue weighted by Crippen LogP contribution is -2.06. The van der Waals surface area contributed by atoms with Crippen LogP contribution in [0.25, 0.3) is 0 Å². The van der Waals surface area contributed by atoms with Crippen LogP contribution in [0.3, 0.4) is 0 Å². The van der Waals surface area contributed by atoms with Crippen LogP contribution in [-0.4, -0.2) is 24.2 Å². The molecule has 0 unspecified atom stereocenters. The van der Waals surface area contributed by atoms with Gasteiger partial charge in [-0.05, 0) is 36.8 Å². The van der Waals surface area contributed by atoms with E-state index in [1.807, 2.05) is 61.5 Å². The van der Waals surface area contributed by atoms with E-state index in [0.717, 1.165) is 34.3 Å². The number of hydrogen-bond donors (Lipinski definition) is 2. The van der Waals surface area contributed by atoms with Crippen molar-refractivity contribution < 1.29 is 9.47 Å². The van der Waals surface area contributed by atoms with Gasteiger partial charge in [-0.3, -0.25) is 0 Å². The largest absolute Gasteiger partial charge is 0.497 e. The zero-order chi connectivity index (χ0) is 18.4. The number of ether oxygens (including phenoxy) is 2. The highest BCUT2D eigenvalue weighted by Gasteiger charge is 2.06. The van der Waals surface area contributed by atoms with Gasteiger partial charge in [0.05, 0.1) is 19.9 Å². The molecule has 0 aliphatic rings. The van der Waals surface area contributed by atoms with E-state index < -0.39 is 0 Å². The predicted octanol–water partition coefficient (Wildman–Crippen LogP) is 4.16. The third-order valence-corrected chi connectivity index (χ3v) is 3.84. The molecule has 0 atom stereocenters. The molecule has 1 aromatic heterocycles. The van der Waals surface area contributed by atoms with Crippen molar-refractivity contribution in [1.82, 2.24) is 9.97 Å². The van der Waals surface area contributed by atoms with E-state index >= 15 is 0 Å². The van der Waals surface area contributed by atoms with Crippen molar-refractivity contribution in [3.63, 3.8) is 0 Å². The highest BCUT2D eigenvalue weighted by Crippen LogP contribution is 2.26. The zero-order valence-electron chi connectivity index (χ0n) is 15.1. The standard InChI is InChI=1S/C20H22N4O2/c1-14-12-19(21-13-15-8-10-16(25-2)11-9-15)24-20(22-14)23-17-6-4-5-7-18(17)26-3/h4-12H,13H2,1-3H3,(H2,21,22,23,24). The lowest BCUT2D eigenvalue weighted by atomic mass is 10.2. The number of anilines is 3. The van der Waals surface area contributed by atoms with E-state index in [9.17, 15) is 0 Å². The van der Waals surface area contributed by atoms with E-state index in [0.29, 0.717) is 12.5 Å². The number of rotatable bonds is 7. The van der Waals surface area contributed by atoms with E-state index in [1.165, 1.54) is 0 Å². The smallest absolute Gasteiger partial charge is 0.229 e. The summed E-state index contributed by atoms with van der Waals surface area (Å²) in [5.41, 5.74) is 2.83. The summed E-state index contributed by atoms with van der Waals surface area (Å²) in [4.78, 5) is 8.99. The topological polar surface area (TPSA) is 68.3 Å². The quantitative estimate of drug-likeness (QED) is 0.667. The average Bonchev–Trinajstić information content (AvgIpc) is 2.67. The summed E-state index contributed by atoms with van der Waals surface area (Å²) < 4.78 is 10.5. The van der Waals surface area contributed by atoms with Crippen LogP contribution >= 0.6 is 0 Å². The normalized spacial score (nSPS) is 10.3. The first-order chi connectivity index (χ1) is 12.7. The minimum absolute atomic E-state index is 0.520. The molecule has 0 saturated carbocycles. The summed E-state index contributed by atoms with van der Waals surface area (Å²) in [5, 5.41) is 6.55. The Morgan fingerprint density at radius 1 is 0.923 bits per heavy atom. The second kappa shape index (κ2) is 8.20. The maximum absolute atomic E-state index is 5.36. The van der Waals surface area contributed by atoms with Gasteiger partial charge in [0, 0.05) is 18.3 Å². The number of hydrogen-bond acceptors (Lipinski definition) is 6. The van der Waals surface area contributed by atoms with Crippen LogP contribution < -0.4 is 20.1 Å². The predicted molar refractivity (Wildman–Crippen MR) is 103 cm³/mol. The van der Waals surface area contributed by atoms with Crippen molar-refractivity contribution in [2.24, 2.45) is 0 Å². The molecule has 3 rings (SSSR count). The Hall–Kier alpha value is -3.28. The van der Waals surface area contributed by atoms with Gasteiger partial charge in [0.15, 0.2) is 0 Å². The van der Waals surface area contributed by atoms with Crippen LogP contribution in [-0.2, 0) is 6.54 Å². The van der Waals surface area contributed by atoms with Gasteiger partial charge >= 0.3 is 0 Å². The van der Waals surface area contributed by atoms with Crippen molar-refractivity contribution in [1.29, 1.82) is 0 Å². The van der Waals surface area contributed by atoms with Gasteiger partial charge in [-0.1, -0.05) is 24.3 Å². The summed E-state index contributed by atoms with van der Waals surface area (Å²) >= 11 is 0. The molecule has 0 saturated heterocycles. The number of aryl methyl sites for hydroxylation is 1. The molecule has 0 fully saturated rings. The van der Waals surface area contributed by atoms with Crippen molar-refractivity contribution >= 4 is 17.5 Å². The van der Waals surface area contributed by atoms with Gasteiger partial charge in [-0.15, -0.1) is 0 Å².